The Balaban J connectivity index is 1.86. The molecule has 0 unspecified atom stereocenters. The van der Waals surface area contributed by atoms with Gasteiger partial charge in [-0.2, -0.15) is 5.10 Å². The van der Waals surface area contributed by atoms with Gasteiger partial charge in [0.2, 0.25) is 0 Å². The lowest BCUT2D eigenvalue weighted by atomic mass is 10.1. The highest BCUT2D eigenvalue weighted by Crippen LogP contribution is 2.22. The van der Waals surface area contributed by atoms with Gasteiger partial charge in [0.25, 0.3) is 0 Å². The molecule has 1 aromatic rings. The molecule has 0 amide bonds. The molecule has 0 N–H and O–H groups in total. The number of halogens is 1. The van der Waals surface area contributed by atoms with Crippen molar-refractivity contribution in [3.8, 4) is 5.75 Å². The average Bonchev–Trinajstić information content (AvgIpc) is 2.69. The van der Waals surface area contributed by atoms with Crippen LogP contribution in [0.5, 0.6) is 5.75 Å². The first-order chi connectivity index (χ1) is 7.81. The van der Waals surface area contributed by atoms with E-state index < -0.39 is 0 Å². The minimum atomic E-state index is 0.597. The molecule has 1 aliphatic rings. The van der Waals surface area contributed by atoms with E-state index in [9.17, 15) is 0 Å². The summed E-state index contributed by atoms with van der Waals surface area (Å²) in [6.45, 7) is 4.26. The number of hydrogen-bond donors (Lipinski definition) is 0. The highest BCUT2D eigenvalue weighted by Gasteiger charge is 2.12. The van der Waals surface area contributed by atoms with Gasteiger partial charge in [-0.3, -0.25) is 0 Å². The lowest BCUT2D eigenvalue weighted by Gasteiger charge is -2.26. The van der Waals surface area contributed by atoms with Gasteiger partial charge in [0.15, 0.2) is 10.9 Å². The Bertz CT molecular complexity index is 334. The summed E-state index contributed by atoms with van der Waals surface area (Å²) >= 11 is 6.10. The third-order valence-corrected chi connectivity index (χ3v) is 3.42. The summed E-state index contributed by atoms with van der Waals surface area (Å²) in [4.78, 5) is 2.47. The average molecular weight is 244 g/mol. The number of aromatic nitrogens is 2. The van der Waals surface area contributed by atoms with E-state index in [1.54, 1.807) is 18.0 Å². The van der Waals surface area contributed by atoms with Crippen LogP contribution in [0.4, 0.5) is 0 Å². The van der Waals surface area contributed by atoms with Gasteiger partial charge < -0.3 is 9.64 Å². The summed E-state index contributed by atoms with van der Waals surface area (Å²) in [6.07, 6.45) is 5.66. The van der Waals surface area contributed by atoms with Crippen LogP contribution in [0.15, 0.2) is 6.20 Å². The molecule has 0 bridgehead atoms. The van der Waals surface area contributed by atoms with Crippen LogP contribution in [0.1, 0.15) is 19.3 Å². The van der Waals surface area contributed by atoms with Crippen molar-refractivity contribution in [2.24, 2.45) is 0 Å². The number of methoxy groups -OCH3 is 1. The standard InChI is InChI=1S/C11H18ClN3O/c1-16-10-9-13-15(11(10)12)8-7-14-5-3-2-4-6-14/h9H,2-8H2,1H3. The first-order valence-electron chi connectivity index (χ1n) is 5.79. The van der Waals surface area contributed by atoms with E-state index in [0.29, 0.717) is 10.9 Å². The van der Waals surface area contributed by atoms with Crippen LogP contribution < -0.4 is 4.74 Å². The Morgan fingerprint density at radius 3 is 2.69 bits per heavy atom. The van der Waals surface area contributed by atoms with Crippen LogP contribution in [0.25, 0.3) is 0 Å². The molecule has 0 atom stereocenters. The topological polar surface area (TPSA) is 30.3 Å². The summed E-state index contributed by atoms with van der Waals surface area (Å²) in [7, 11) is 1.61. The zero-order chi connectivity index (χ0) is 11.4. The molecule has 16 heavy (non-hydrogen) atoms. The van der Waals surface area contributed by atoms with Gasteiger partial charge in [0, 0.05) is 6.54 Å². The Morgan fingerprint density at radius 2 is 2.06 bits per heavy atom. The fourth-order valence-electron chi connectivity index (χ4n) is 2.07. The minimum absolute atomic E-state index is 0.597. The molecular weight excluding hydrogens is 226 g/mol. The third kappa shape index (κ3) is 2.68. The molecule has 0 aromatic carbocycles. The van der Waals surface area contributed by atoms with Crippen LogP contribution in [0.2, 0.25) is 5.15 Å². The maximum atomic E-state index is 6.10. The molecule has 0 radical (unpaired) electrons. The predicted octanol–water partition coefficient (Wildman–Crippen LogP) is 2.03. The number of likely N-dealkylation sites (tertiary alicyclic amines) is 1. The number of ether oxygens (including phenoxy) is 1. The van der Waals surface area contributed by atoms with Gasteiger partial charge >= 0.3 is 0 Å². The summed E-state index contributed by atoms with van der Waals surface area (Å²) in [5.74, 6) is 0.653. The Morgan fingerprint density at radius 1 is 1.31 bits per heavy atom. The summed E-state index contributed by atoms with van der Waals surface area (Å²) in [5.41, 5.74) is 0. The van der Waals surface area contributed by atoms with Gasteiger partial charge in [-0.05, 0) is 25.9 Å². The van der Waals surface area contributed by atoms with Gasteiger partial charge in [0.05, 0.1) is 19.9 Å². The van der Waals surface area contributed by atoms with Crippen LogP contribution in [0, 0.1) is 0 Å². The molecule has 1 aliphatic heterocycles. The molecule has 4 nitrogen and oxygen atoms in total. The van der Waals surface area contributed by atoms with Gasteiger partial charge in [-0.25, -0.2) is 4.68 Å². The van der Waals surface area contributed by atoms with Crippen molar-refractivity contribution in [3.63, 3.8) is 0 Å². The molecule has 5 heteroatoms. The zero-order valence-electron chi connectivity index (χ0n) is 9.65. The first-order valence-corrected chi connectivity index (χ1v) is 6.16. The molecule has 2 rings (SSSR count). The molecule has 0 spiro atoms. The Hall–Kier alpha value is -0.740. The van der Waals surface area contributed by atoms with Gasteiger partial charge in [-0.1, -0.05) is 18.0 Å². The van der Waals surface area contributed by atoms with E-state index >= 15 is 0 Å². The summed E-state index contributed by atoms with van der Waals surface area (Å²) in [5, 5.41) is 4.80. The Kier molecular flexibility index (Phi) is 4.07. The lowest BCUT2D eigenvalue weighted by molar-refractivity contribution is 0.218. The largest absolute Gasteiger partial charge is 0.492 e. The van der Waals surface area contributed by atoms with E-state index in [4.69, 9.17) is 16.3 Å². The molecule has 1 fully saturated rings. The SMILES string of the molecule is COc1cnn(CCN2CCCCC2)c1Cl. The second-order valence-corrected chi connectivity index (χ2v) is 4.49. The molecular formula is C11H18ClN3O. The molecule has 0 aliphatic carbocycles. The minimum Gasteiger partial charge on any atom is -0.492 e. The molecule has 1 aromatic heterocycles. The van der Waals surface area contributed by atoms with Crippen molar-refractivity contribution in [2.75, 3.05) is 26.7 Å². The van der Waals surface area contributed by atoms with E-state index in [1.165, 1.54) is 32.4 Å². The van der Waals surface area contributed by atoms with Gasteiger partial charge in [-0.15, -0.1) is 0 Å². The number of rotatable bonds is 4. The fourth-order valence-corrected chi connectivity index (χ4v) is 2.32. The van der Waals surface area contributed by atoms with Crippen molar-refractivity contribution in [2.45, 2.75) is 25.8 Å². The van der Waals surface area contributed by atoms with Crippen LogP contribution >= 0.6 is 11.6 Å². The summed E-state index contributed by atoms with van der Waals surface area (Å²) < 4.78 is 6.89. The lowest BCUT2D eigenvalue weighted by Crippen LogP contribution is -2.32. The van der Waals surface area contributed by atoms with Crippen LogP contribution in [0.3, 0.4) is 0 Å². The van der Waals surface area contributed by atoms with E-state index in [0.717, 1.165) is 13.1 Å². The molecule has 2 heterocycles. The Labute approximate surface area is 101 Å². The van der Waals surface area contributed by atoms with E-state index in [-0.39, 0.29) is 0 Å². The van der Waals surface area contributed by atoms with Crippen molar-refractivity contribution in [3.05, 3.63) is 11.3 Å². The third-order valence-electron chi connectivity index (χ3n) is 3.04. The number of nitrogens with zero attached hydrogens (tertiary/aromatic N) is 3. The van der Waals surface area contributed by atoms with E-state index in [2.05, 4.69) is 10.00 Å². The van der Waals surface area contributed by atoms with Crippen molar-refractivity contribution >= 4 is 11.6 Å². The smallest absolute Gasteiger partial charge is 0.175 e. The maximum absolute atomic E-state index is 6.10. The monoisotopic (exact) mass is 243 g/mol. The number of hydrogen-bond acceptors (Lipinski definition) is 3. The normalized spacial score (nSPS) is 17.6. The fraction of sp³-hybridized carbons (Fsp3) is 0.727. The second kappa shape index (κ2) is 5.55. The van der Waals surface area contributed by atoms with E-state index in [1.807, 2.05) is 0 Å². The molecule has 90 valence electrons. The van der Waals surface area contributed by atoms with Gasteiger partial charge in [0.1, 0.15) is 0 Å². The highest BCUT2D eigenvalue weighted by molar-refractivity contribution is 6.31. The van der Waals surface area contributed by atoms with Crippen LogP contribution in [-0.4, -0.2) is 41.4 Å². The van der Waals surface area contributed by atoms with Crippen molar-refractivity contribution < 1.29 is 4.74 Å². The number of piperidine rings is 1. The molecule has 1 saturated heterocycles. The first kappa shape index (κ1) is 11.7. The highest BCUT2D eigenvalue weighted by atomic mass is 35.5. The quantitative estimate of drug-likeness (QED) is 0.811. The second-order valence-electron chi connectivity index (χ2n) is 4.13. The zero-order valence-corrected chi connectivity index (χ0v) is 10.4. The molecule has 0 saturated carbocycles. The predicted molar refractivity (Wildman–Crippen MR) is 64.1 cm³/mol. The van der Waals surface area contributed by atoms with Crippen molar-refractivity contribution in [1.82, 2.24) is 14.7 Å². The maximum Gasteiger partial charge on any atom is 0.175 e. The van der Waals surface area contributed by atoms with Crippen LogP contribution in [-0.2, 0) is 6.54 Å². The summed E-state index contributed by atoms with van der Waals surface area (Å²) in [6, 6.07) is 0. The van der Waals surface area contributed by atoms with Crippen molar-refractivity contribution in [1.29, 1.82) is 0 Å².